The maximum absolute atomic E-state index is 12.7. The van der Waals surface area contributed by atoms with Crippen LogP contribution in [0.2, 0.25) is 0 Å². The standard InChI is InChI=1S/C11H10F3N3/c1-7-3-5-9(6-4-7)17-8(2)15-16-10(17)11(12,13)14/h3-6H,1-2H3. The molecule has 0 N–H and O–H groups in total. The van der Waals surface area contributed by atoms with Crippen LogP contribution in [0.5, 0.6) is 0 Å². The van der Waals surface area contributed by atoms with Crippen molar-refractivity contribution in [3.05, 3.63) is 41.5 Å². The highest BCUT2D eigenvalue weighted by molar-refractivity contribution is 5.36. The summed E-state index contributed by atoms with van der Waals surface area (Å²) >= 11 is 0. The summed E-state index contributed by atoms with van der Waals surface area (Å²) in [5.74, 6) is -0.792. The van der Waals surface area contributed by atoms with Crippen LogP contribution in [-0.2, 0) is 6.18 Å². The topological polar surface area (TPSA) is 30.7 Å². The van der Waals surface area contributed by atoms with Crippen molar-refractivity contribution in [2.75, 3.05) is 0 Å². The average Bonchev–Trinajstić information content (AvgIpc) is 2.61. The maximum Gasteiger partial charge on any atom is 0.452 e. The Kier molecular flexibility index (Phi) is 2.65. The van der Waals surface area contributed by atoms with Gasteiger partial charge in [0.05, 0.1) is 0 Å². The summed E-state index contributed by atoms with van der Waals surface area (Å²) in [7, 11) is 0. The van der Waals surface area contributed by atoms with Gasteiger partial charge >= 0.3 is 6.18 Å². The molecule has 0 spiro atoms. The normalized spacial score (nSPS) is 11.8. The van der Waals surface area contributed by atoms with Gasteiger partial charge in [-0.25, -0.2) is 0 Å². The van der Waals surface area contributed by atoms with E-state index < -0.39 is 12.0 Å². The average molecular weight is 241 g/mol. The van der Waals surface area contributed by atoms with Crippen LogP contribution >= 0.6 is 0 Å². The molecule has 1 heterocycles. The van der Waals surface area contributed by atoms with Crippen LogP contribution in [0, 0.1) is 13.8 Å². The van der Waals surface area contributed by atoms with Crippen molar-refractivity contribution in [1.82, 2.24) is 14.8 Å². The van der Waals surface area contributed by atoms with E-state index in [0.29, 0.717) is 5.69 Å². The summed E-state index contributed by atoms with van der Waals surface area (Å²) in [5.41, 5.74) is 1.39. The molecule has 3 nitrogen and oxygen atoms in total. The molecule has 2 aromatic rings. The molecule has 90 valence electrons. The molecule has 1 aromatic carbocycles. The molecule has 0 aliphatic carbocycles. The molecule has 0 aliphatic heterocycles. The summed E-state index contributed by atoms with van der Waals surface area (Å²) in [6.45, 7) is 3.36. The highest BCUT2D eigenvalue weighted by Gasteiger charge is 2.38. The Morgan fingerprint density at radius 2 is 1.59 bits per heavy atom. The third-order valence-electron chi connectivity index (χ3n) is 2.37. The molecule has 17 heavy (non-hydrogen) atoms. The Hall–Kier alpha value is -1.85. The summed E-state index contributed by atoms with van der Waals surface area (Å²) in [6.07, 6.45) is -4.51. The second-order valence-electron chi connectivity index (χ2n) is 3.74. The number of nitrogens with zero attached hydrogens (tertiary/aromatic N) is 3. The molecule has 0 unspecified atom stereocenters. The summed E-state index contributed by atoms with van der Waals surface area (Å²) < 4.78 is 39.1. The van der Waals surface area contributed by atoms with E-state index in [0.717, 1.165) is 10.1 Å². The minimum atomic E-state index is -4.51. The van der Waals surface area contributed by atoms with Crippen molar-refractivity contribution in [2.24, 2.45) is 0 Å². The zero-order valence-corrected chi connectivity index (χ0v) is 9.28. The zero-order valence-electron chi connectivity index (χ0n) is 9.28. The Bertz CT molecular complexity index is 526. The third kappa shape index (κ3) is 2.15. The molecular weight excluding hydrogens is 231 g/mol. The highest BCUT2D eigenvalue weighted by Crippen LogP contribution is 2.30. The van der Waals surface area contributed by atoms with Gasteiger partial charge in [0.2, 0.25) is 5.82 Å². The predicted octanol–water partition coefficient (Wildman–Crippen LogP) is 2.90. The van der Waals surface area contributed by atoms with Gasteiger partial charge in [0.25, 0.3) is 0 Å². The Labute approximate surface area is 95.9 Å². The number of aryl methyl sites for hydroxylation is 2. The first-order valence-corrected chi connectivity index (χ1v) is 4.96. The predicted molar refractivity (Wildman–Crippen MR) is 55.8 cm³/mol. The summed E-state index contributed by atoms with van der Waals surface area (Å²) in [5, 5.41) is 6.65. The number of aromatic nitrogens is 3. The fourth-order valence-corrected chi connectivity index (χ4v) is 1.55. The van der Waals surface area contributed by atoms with Crippen molar-refractivity contribution in [2.45, 2.75) is 20.0 Å². The first-order chi connectivity index (χ1) is 7.89. The van der Waals surface area contributed by atoms with Gasteiger partial charge < -0.3 is 0 Å². The molecule has 0 amide bonds. The van der Waals surface area contributed by atoms with Crippen molar-refractivity contribution in [1.29, 1.82) is 0 Å². The van der Waals surface area contributed by atoms with Gasteiger partial charge in [0.1, 0.15) is 5.82 Å². The van der Waals surface area contributed by atoms with Crippen LogP contribution in [0.4, 0.5) is 13.2 Å². The van der Waals surface area contributed by atoms with Crippen molar-refractivity contribution in [3.8, 4) is 5.69 Å². The molecule has 0 saturated heterocycles. The Balaban J connectivity index is 2.59. The quantitative estimate of drug-likeness (QED) is 0.768. The largest absolute Gasteiger partial charge is 0.452 e. The van der Waals surface area contributed by atoms with Crippen LogP contribution in [-0.4, -0.2) is 14.8 Å². The second kappa shape index (κ2) is 3.87. The van der Waals surface area contributed by atoms with Crippen LogP contribution in [0.15, 0.2) is 24.3 Å². The number of alkyl halides is 3. The van der Waals surface area contributed by atoms with Crippen molar-refractivity contribution >= 4 is 0 Å². The van der Waals surface area contributed by atoms with Crippen LogP contribution in [0.1, 0.15) is 17.2 Å². The number of hydrogen-bond acceptors (Lipinski definition) is 2. The van der Waals surface area contributed by atoms with Crippen molar-refractivity contribution < 1.29 is 13.2 Å². The molecule has 6 heteroatoms. The number of rotatable bonds is 1. The van der Waals surface area contributed by atoms with Gasteiger partial charge in [0.15, 0.2) is 0 Å². The van der Waals surface area contributed by atoms with E-state index in [1.807, 2.05) is 6.92 Å². The number of halogens is 3. The van der Waals surface area contributed by atoms with E-state index in [9.17, 15) is 13.2 Å². The molecule has 0 aliphatic rings. The van der Waals surface area contributed by atoms with Crippen LogP contribution in [0.3, 0.4) is 0 Å². The number of benzene rings is 1. The maximum atomic E-state index is 12.7. The second-order valence-corrected chi connectivity index (χ2v) is 3.74. The molecule has 0 fully saturated rings. The molecule has 0 radical (unpaired) electrons. The van der Waals surface area contributed by atoms with Crippen LogP contribution in [0.25, 0.3) is 5.69 Å². The van der Waals surface area contributed by atoms with Gasteiger partial charge in [0, 0.05) is 5.69 Å². The molecular formula is C11H10F3N3. The molecule has 0 atom stereocenters. The van der Waals surface area contributed by atoms with Crippen LogP contribution < -0.4 is 0 Å². The Morgan fingerprint density at radius 1 is 1.00 bits per heavy atom. The first-order valence-electron chi connectivity index (χ1n) is 4.96. The summed E-state index contributed by atoms with van der Waals surface area (Å²) in [6, 6.07) is 6.71. The first kappa shape index (κ1) is 11.6. The SMILES string of the molecule is Cc1ccc(-n2c(C)nnc2C(F)(F)F)cc1. The van der Waals surface area contributed by atoms with E-state index >= 15 is 0 Å². The summed E-state index contributed by atoms with van der Waals surface area (Å²) in [4.78, 5) is 0. The highest BCUT2D eigenvalue weighted by atomic mass is 19.4. The van der Waals surface area contributed by atoms with E-state index in [-0.39, 0.29) is 5.82 Å². The van der Waals surface area contributed by atoms with Gasteiger partial charge in [-0.05, 0) is 26.0 Å². The lowest BCUT2D eigenvalue weighted by atomic mass is 10.2. The zero-order chi connectivity index (χ0) is 12.6. The van der Waals surface area contributed by atoms with E-state index in [1.54, 1.807) is 24.3 Å². The molecule has 0 saturated carbocycles. The fraction of sp³-hybridized carbons (Fsp3) is 0.273. The molecule has 1 aromatic heterocycles. The monoisotopic (exact) mass is 241 g/mol. The van der Waals surface area contributed by atoms with E-state index in [1.165, 1.54) is 6.92 Å². The fourth-order valence-electron chi connectivity index (χ4n) is 1.55. The Morgan fingerprint density at radius 3 is 2.12 bits per heavy atom. The lowest BCUT2D eigenvalue weighted by molar-refractivity contribution is -0.146. The molecule has 0 bridgehead atoms. The van der Waals surface area contributed by atoms with E-state index in [2.05, 4.69) is 10.2 Å². The third-order valence-corrected chi connectivity index (χ3v) is 2.37. The minimum absolute atomic E-state index is 0.209. The van der Waals surface area contributed by atoms with Crippen molar-refractivity contribution in [3.63, 3.8) is 0 Å². The smallest absolute Gasteiger partial charge is 0.276 e. The van der Waals surface area contributed by atoms with Gasteiger partial charge in [-0.3, -0.25) is 4.57 Å². The van der Waals surface area contributed by atoms with E-state index in [4.69, 9.17) is 0 Å². The van der Waals surface area contributed by atoms with Gasteiger partial charge in [-0.2, -0.15) is 13.2 Å². The van der Waals surface area contributed by atoms with Gasteiger partial charge in [-0.1, -0.05) is 17.7 Å². The number of hydrogen-bond donors (Lipinski definition) is 0. The minimum Gasteiger partial charge on any atom is -0.276 e. The lowest BCUT2D eigenvalue weighted by Gasteiger charge is -2.10. The molecule has 2 rings (SSSR count). The van der Waals surface area contributed by atoms with Gasteiger partial charge in [-0.15, -0.1) is 10.2 Å². The lowest BCUT2D eigenvalue weighted by Crippen LogP contribution is -2.14.